The number of likely N-dealkylation sites (tertiary alicyclic amines) is 1. The molecule has 1 N–H and O–H groups in total. The first-order valence-electron chi connectivity index (χ1n) is 8.66. The minimum atomic E-state index is -0.426. The highest BCUT2D eigenvalue weighted by molar-refractivity contribution is 5.81. The maximum absolute atomic E-state index is 12.5. The van der Waals surface area contributed by atoms with Crippen LogP contribution in [-0.4, -0.2) is 48.2 Å². The summed E-state index contributed by atoms with van der Waals surface area (Å²) in [5.74, 6) is 0.741. The molecule has 0 bridgehead atoms. The lowest BCUT2D eigenvalue weighted by molar-refractivity contribution is -0.151. The molecule has 4 nitrogen and oxygen atoms in total. The van der Waals surface area contributed by atoms with Crippen LogP contribution in [-0.2, 0) is 9.53 Å². The van der Waals surface area contributed by atoms with Crippen molar-refractivity contribution in [2.45, 2.75) is 82.5 Å². The van der Waals surface area contributed by atoms with E-state index in [0.717, 1.165) is 25.2 Å². The third-order valence-corrected chi connectivity index (χ3v) is 5.66. The predicted molar refractivity (Wildman–Crippen MR) is 83.1 cm³/mol. The number of hydrogen-bond donors (Lipinski definition) is 1. The normalized spacial score (nSPS) is 41.2. The van der Waals surface area contributed by atoms with Crippen LogP contribution >= 0.6 is 0 Å². The van der Waals surface area contributed by atoms with Crippen molar-refractivity contribution in [3.8, 4) is 0 Å². The molecule has 2 aliphatic carbocycles. The number of esters is 1. The quantitative estimate of drug-likeness (QED) is 0.808. The lowest BCUT2D eigenvalue weighted by atomic mass is 9.78. The summed E-state index contributed by atoms with van der Waals surface area (Å²) in [6.45, 7) is 5.87. The van der Waals surface area contributed by atoms with Crippen LogP contribution in [0.5, 0.6) is 0 Å². The number of carbonyl (C=O) groups excluding carboxylic acids is 1. The van der Waals surface area contributed by atoms with Gasteiger partial charge in [-0.25, -0.2) is 0 Å². The Bertz CT molecular complexity index is 396. The SMILES string of the molecule is COC(=O)C1(NC2CC2)CCCC(N2CC(C)CC2C)C1. The average molecular weight is 294 g/mol. The zero-order valence-electron chi connectivity index (χ0n) is 13.7. The standard InChI is InChI=1S/C17H30N2O2/c1-12-9-13(2)19(11-12)15-5-4-8-17(10-15,16(20)21-3)18-14-6-7-14/h12-15,18H,4-11H2,1-3H3. The van der Waals surface area contributed by atoms with Crippen molar-refractivity contribution < 1.29 is 9.53 Å². The lowest BCUT2D eigenvalue weighted by Crippen LogP contribution is -2.59. The van der Waals surface area contributed by atoms with Crippen LogP contribution in [0.15, 0.2) is 0 Å². The molecular formula is C17H30N2O2. The van der Waals surface area contributed by atoms with Crippen molar-refractivity contribution in [2.75, 3.05) is 13.7 Å². The molecule has 4 heteroatoms. The first-order valence-corrected chi connectivity index (χ1v) is 8.66. The van der Waals surface area contributed by atoms with Gasteiger partial charge in [0.1, 0.15) is 5.54 Å². The summed E-state index contributed by atoms with van der Waals surface area (Å²) in [6, 6.07) is 1.72. The molecule has 0 radical (unpaired) electrons. The van der Waals surface area contributed by atoms with Gasteiger partial charge in [-0.2, -0.15) is 0 Å². The van der Waals surface area contributed by atoms with Crippen molar-refractivity contribution in [2.24, 2.45) is 5.92 Å². The van der Waals surface area contributed by atoms with Crippen LogP contribution < -0.4 is 5.32 Å². The van der Waals surface area contributed by atoms with Crippen molar-refractivity contribution >= 4 is 5.97 Å². The Morgan fingerprint density at radius 2 is 2.05 bits per heavy atom. The van der Waals surface area contributed by atoms with Gasteiger partial charge in [0.2, 0.25) is 0 Å². The fourth-order valence-electron chi connectivity index (χ4n) is 4.56. The van der Waals surface area contributed by atoms with Gasteiger partial charge >= 0.3 is 5.97 Å². The van der Waals surface area contributed by atoms with Gasteiger partial charge in [0.05, 0.1) is 7.11 Å². The van der Waals surface area contributed by atoms with Crippen molar-refractivity contribution in [3.63, 3.8) is 0 Å². The van der Waals surface area contributed by atoms with Gasteiger partial charge in [-0.1, -0.05) is 6.92 Å². The zero-order chi connectivity index (χ0) is 15.0. The van der Waals surface area contributed by atoms with Gasteiger partial charge in [-0.15, -0.1) is 0 Å². The van der Waals surface area contributed by atoms with Gasteiger partial charge in [0.15, 0.2) is 0 Å². The monoisotopic (exact) mass is 294 g/mol. The molecule has 21 heavy (non-hydrogen) atoms. The van der Waals surface area contributed by atoms with Crippen LogP contribution in [0.1, 0.15) is 58.8 Å². The summed E-state index contributed by atoms with van der Waals surface area (Å²) in [7, 11) is 1.53. The first-order chi connectivity index (χ1) is 10.0. The summed E-state index contributed by atoms with van der Waals surface area (Å²) < 4.78 is 5.16. The van der Waals surface area contributed by atoms with Crippen LogP contribution in [0, 0.1) is 5.92 Å². The Morgan fingerprint density at radius 1 is 1.29 bits per heavy atom. The third kappa shape index (κ3) is 3.11. The second-order valence-electron chi connectivity index (χ2n) is 7.63. The number of methoxy groups -OCH3 is 1. The van der Waals surface area contributed by atoms with Gasteiger partial charge in [0, 0.05) is 24.7 Å². The van der Waals surface area contributed by atoms with E-state index >= 15 is 0 Å². The molecule has 3 aliphatic rings. The van der Waals surface area contributed by atoms with Crippen LogP contribution in [0.3, 0.4) is 0 Å². The summed E-state index contributed by atoms with van der Waals surface area (Å²) in [4.78, 5) is 15.1. The van der Waals surface area contributed by atoms with E-state index in [1.165, 1.54) is 39.3 Å². The molecule has 0 aromatic heterocycles. The highest BCUT2D eigenvalue weighted by Gasteiger charge is 2.48. The van der Waals surface area contributed by atoms with Crippen LogP contribution in [0.25, 0.3) is 0 Å². The Kier molecular flexibility index (Phi) is 4.28. The van der Waals surface area contributed by atoms with Crippen LogP contribution in [0.2, 0.25) is 0 Å². The Labute approximate surface area is 128 Å². The summed E-state index contributed by atoms with van der Waals surface area (Å²) >= 11 is 0. The van der Waals surface area contributed by atoms with Crippen molar-refractivity contribution in [3.05, 3.63) is 0 Å². The summed E-state index contributed by atoms with van der Waals surface area (Å²) in [5, 5.41) is 3.64. The summed E-state index contributed by atoms with van der Waals surface area (Å²) in [5.41, 5.74) is -0.426. The molecule has 1 aliphatic heterocycles. The van der Waals surface area contributed by atoms with E-state index in [2.05, 4.69) is 24.1 Å². The molecule has 4 unspecified atom stereocenters. The van der Waals surface area contributed by atoms with E-state index in [4.69, 9.17) is 4.74 Å². The van der Waals surface area contributed by atoms with Gasteiger partial charge < -0.3 is 4.74 Å². The molecule has 3 rings (SSSR count). The summed E-state index contributed by atoms with van der Waals surface area (Å²) in [6.07, 6.45) is 7.91. The second-order valence-corrected chi connectivity index (χ2v) is 7.63. The van der Waals surface area contributed by atoms with E-state index in [0.29, 0.717) is 18.1 Å². The molecule has 3 fully saturated rings. The van der Waals surface area contributed by atoms with Gasteiger partial charge in [-0.05, 0) is 57.8 Å². The fourth-order valence-corrected chi connectivity index (χ4v) is 4.56. The first kappa shape index (κ1) is 15.3. The third-order valence-electron chi connectivity index (χ3n) is 5.66. The minimum absolute atomic E-state index is 0.0426. The highest BCUT2D eigenvalue weighted by atomic mass is 16.5. The molecule has 2 saturated carbocycles. The molecule has 0 aromatic rings. The number of nitrogens with zero attached hydrogens (tertiary/aromatic N) is 1. The highest BCUT2D eigenvalue weighted by Crippen LogP contribution is 2.38. The Balaban J connectivity index is 1.73. The maximum atomic E-state index is 12.5. The van der Waals surface area contributed by atoms with Crippen molar-refractivity contribution in [1.82, 2.24) is 10.2 Å². The van der Waals surface area contributed by atoms with E-state index < -0.39 is 5.54 Å². The van der Waals surface area contributed by atoms with Gasteiger partial charge in [0.25, 0.3) is 0 Å². The molecule has 0 amide bonds. The van der Waals surface area contributed by atoms with Crippen LogP contribution in [0.4, 0.5) is 0 Å². The molecule has 1 heterocycles. The van der Waals surface area contributed by atoms with E-state index in [9.17, 15) is 4.79 Å². The number of hydrogen-bond acceptors (Lipinski definition) is 4. The molecule has 0 spiro atoms. The average Bonchev–Trinajstić information content (AvgIpc) is 3.21. The number of carbonyl (C=O) groups is 1. The second kappa shape index (κ2) is 5.88. The van der Waals surface area contributed by atoms with E-state index in [1.807, 2.05) is 0 Å². The predicted octanol–water partition coefficient (Wildman–Crippen LogP) is 2.32. The molecular weight excluding hydrogens is 264 g/mol. The van der Waals surface area contributed by atoms with E-state index in [1.54, 1.807) is 0 Å². The molecule has 4 atom stereocenters. The van der Waals surface area contributed by atoms with Crippen molar-refractivity contribution in [1.29, 1.82) is 0 Å². The Hall–Kier alpha value is -0.610. The number of rotatable bonds is 4. The fraction of sp³-hybridized carbons (Fsp3) is 0.941. The Morgan fingerprint density at radius 3 is 2.62 bits per heavy atom. The largest absolute Gasteiger partial charge is 0.468 e. The maximum Gasteiger partial charge on any atom is 0.326 e. The minimum Gasteiger partial charge on any atom is -0.468 e. The topological polar surface area (TPSA) is 41.6 Å². The van der Waals surface area contributed by atoms with Gasteiger partial charge in [-0.3, -0.25) is 15.0 Å². The molecule has 1 saturated heterocycles. The molecule has 120 valence electrons. The number of ether oxygens (including phenoxy) is 1. The smallest absolute Gasteiger partial charge is 0.326 e. The van der Waals surface area contributed by atoms with E-state index in [-0.39, 0.29) is 5.97 Å². The zero-order valence-corrected chi connectivity index (χ0v) is 13.7. The molecule has 0 aromatic carbocycles. The lowest BCUT2D eigenvalue weighted by Gasteiger charge is -2.44. The number of nitrogens with one attached hydrogen (secondary N) is 1.